The number of ether oxygens (including phenoxy) is 1. The first-order chi connectivity index (χ1) is 13.1. The van der Waals surface area contributed by atoms with E-state index in [9.17, 15) is 14.9 Å². The smallest absolute Gasteiger partial charge is 0.348 e. The van der Waals surface area contributed by atoms with E-state index in [1.54, 1.807) is 12.1 Å². The van der Waals surface area contributed by atoms with Crippen molar-refractivity contribution in [1.29, 1.82) is 0 Å². The number of nitrogens with zero attached hydrogens (tertiary/aromatic N) is 3. The summed E-state index contributed by atoms with van der Waals surface area (Å²) in [5.41, 5.74) is 0.768. The minimum Gasteiger partial charge on any atom is -0.451 e. The lowest BCUT2D eigenvalue weighted by Gasteiger charge is -1.98. The number of non-ortho nitro benzene ring substituents is 1. The first-order valence-corrected chi connectivity index (χ1v) is 8.65. The summed E-state index contributed by atoms with van der Waals surface area (Å²) >= 11 is 1.20. The lowest BCUT2D eigenvalue weighted by Crippen LogP contribution is -2.03. The van der Waals surface area contributed by atoms with Crippen LogP contribution in [0.5, 0.6) is 0 Å². The second-order valence-corrected chi connectivity index (χ2v) is 6.63. The number of rotatable bonds is 5. The fraction of sp³-hybridized carbons (Fsp3) is 0.0556. The summed E-state index contributed by atoms with van der Waals surface area (Å²) < 4.78 is 11.1. The van der Waals surface area contributed by atoms with E-state index in [-0.39, 0.29) is 18.2 Å². The van der Waals surface area contributed by atoms with Crippen molar-refractivity contribution in [2.75, 3.05) is 0 Å². The molecule has 4 aromatic rings. The van der Waals surface area contributed by atoms with Gasteiger partial charge in [-0.05, 0) is 12.1 Å². The highest BCUT2D eigenvalue weighted by Gasteiger charge is 2.16. The van der Waals surface area contributed by atoms with Crippen molar-refractivity contribution in [3.63, 3.8) is 0 Å². The van der Waals surface area contributed by atoms with Crippen molar-refractivity contribution in [1.82, 2.24) is 10.1 Å². The molecule has 0 fully saturated rings. The topological polar surface area (TPSA) is 108 Å². The molecule has 0 aliphatic heterocycles. The monoisotopic (exact) mass is 381 g/mol. The lowest BCUT2D eigenvalue weighted by atomic mass is 10.2. The summed E-state index contributed by atoms with van der Waals surface area (Å²) in [6.07, 6.45) is 0. The molecule has 0 saturated carbocycles. The fourth-order valence-corrected chi connectivity index (χ4v) is 3.40. The molecule has 134 valence electrons. The molecule has 0 bridgehead atoms. The van der Waals surface area contributed by atoms with Crippen LogP contribution < -0.4 is 0 Å². The van der Waals surface area contributed by atoms with Gasteiger partial charge in [-0.15, -0.1) is 11.3 Å². The third kappa shape index (κ3) is 3.53. The average molecular weight is 381 g/mol. The number of hydrogen-bond acceptors (Lipinski definition) is 8. The highest BCUT2D eigenvalue weighted by molar-refractivity contribution is 7.20. The van der Waals surface area contributed by atoms with Crippen LogP contribution in [0.3, 0.4) is 0 Å². The predicted molar refractivity (Wildman–Crippen MR) is 97.3 cm³/mol. The second-order valence-electron chi connectivity index (χ2n) is 5.54. The number of hydrogen-bond donors (Lipinski definition) is 0. The number of benzene rings is 2. The fourth-order valence-electron chi connectivity index (χ4n) is 2.46. The molecule has 0 radical (unpaired) electrons. The van der Waals surface area contributed by atoms with Crippen LogP contribution in [-0.2, 0) is 11.3 Å². The van der Waals surface area contributed by atoms with Crippen molar-refractivity contribution >= 4 is 33.1 Å². The Morgan fingerprint density at radius 3 is 2.78 bits per heavy atom. The Hall–Kier alpha value is -3.59. The zero-order chi connectivity index (χ0) is 18.8. The largest absolute Gasteiger partial charge is 0.451 e. The van der Waals surface area contributed by atoms with Gasteiger partial charge in [0.1, 0.15) is 4.88 Å². The van der Waals surface area contributed by atoms with Gasteiger partial charge >= 0.3 is 5.97 Å². The van der Waals surface area contributed by atoms with Crippen molar-refractivity contribution in [3.05, 3.63) is 75.5 Å². The summed E-state index contributed by atoms with van der Waals surface area (Å²) in [4.78, 5) is 27.1. The van der Waals surface area contributed by atoms with Gasteiger partial charge in [0.05, 0.1) is 4.92 Å². The van der Waals surface area contributed by atoms with Crippen molar-refractivity contribution in [3.8, 4) is 11.4 Å². The van der Waals surface area contributed by atoms with Gasteiger partial charge in [0.25, 0.3) is 11.6 Å². The zero-order valence-electron chi connectivity index (χ0n) is 13.7. The Morgan fingerprint density at radius 2 is 2.00 bits per heavy atom. The second kappa shape index (κ2) is 6.96. The first kappa shape index (κ1) is 16.9. The van der Waals surface area contributed by atoms with Gasteiger partial charge in [-0.3, -0.25) is 10.1 Å². The van der Waals surface area contributed by atoms with Crippen molar-refractivity contribution in [2.24, 2.45) is 0 Å². The first-order valence-electron chi connectivity index (χ1n) is 7.83. The molecule has 0 N–H and O–H groups in total. The van der Waals surface area contributed by atoms with Crippen LogP contribution in [0.25, 0.3) is 21.5 Å². The summed E-state index contributed by atoms with van der Waals surface area (Å²) in [5.74, 6) is 0.0353. The molecule has 0 unspecified atom stereocenters. The van der Waals surface area contributed by atoms with E-state index in [2.05, 4.69) is 10.1 Å². The Kier molecular flexibility index (Phi) is 4.35. The van der Waals surface area contributed by atoms with Gasteiger partial charge < -0.3 is 9.26 Å². The van der Waals surface area contributed by atoms with Gasteiger partial charge in [-0.1, -0.05) is 35.5 Å². The third-order valence-electron chi connectivity index (χ3n) is 3.74. The van der Waals surface area contributed by atoms with Gasteiger partial charge in [-0.25, -0.2) is 4.79 Å². The molecule has 0 aliphatic carbocycles. The average Bonchev–Trinajstić information content (AvgIpc) is 3.33. The maximum atomic E-state index is 12.2. The van der Waals surface area contributed by atoms with E-state index >= 15 is 0 Å². The van der Waals surface area contributed by atoms with Crippen molar-refractivity contribution in [2.45, 2.75) is 6.61 Å². The number of esters is 1. The molecule has 0 amide bonds. The predicted octanol–water partition coefficient (Wildman–Crippen LogP) is 4.22. The van der Waals surface area contributed by atoms with Crippen molar-refractivity contribution < 1.29 is 19.0 Å². The van der Waals surface area contributed by atoms with E-state index in [1.165, 1.54) is 23.5 Å². The number of carbonyl (C=O) groups is 1. The molecule has 2 aromatic heterocycles. The maximum Gasteiger partial charge on any atom is 0.348 e. The number of thiophene rings is 1. The molecule has 2 heterocycles. The van der Waals surface area contributed by atoms with Crippen LogP contribution in [0.15, 0.2) is 59.1 Å². The number of nitro groups is 1. The van der Waals surface area contributed by atoms with E-state index in [4.69, 9.17) is 9.26 Å². The highest BCUT2D eigenvalue weighted by Crippen LogP contribution is 2.29. The molecule has 8 nitrogen and oxygen atoms in total. The molecular weight excluding hydrogens is 370 g/mol. The van der Waals surface area contributed by atoms with E-state index in [1.807, 2.05) is 30.3 Å². The minimum absolute atomic E-state index is 0.0282. The van der Waals surface area contributed by atoms with E-state index in [0.717, 1.165) is 10.3 Å². The quantitative estimate of drug-likeness (QED) is 0.289. The van der Waals surface area contributed by atoms with Gasteiger partial charge in [0, 0.05) is 27.8 Å². The SMILES string of the molecule is O=C(OCc1nc(-c2ccccc2)no1)c1cc2cc([N+](=O)[O-])ccc2s1. The molecular formula is C18H11N3O5S. The van der Waals surface area contributed by atoms with Crippen LogP contribution >= 0.6 is 11.3 Å². The highest BCUT2D eigenvalue weighted by atomic mass is 32.1. The number of nitro benzene ring substituents is 1. The van der Waals surface area contributed by atoms with Crippen LogP contribution in [0.1, 0.15) is 15.6 Å². The van der Waals surface area contributed by atoms with E-state index < -0.39 is 10.9 Å². The van der Waals surface area contributed by atoms with Crippen LogP contribution in [0.4, 0.5) is 5.69 Å². The number of aromatic nitrogens is 2. The molecule has 9 heteroatoms. The lowest BCUT2D eigenvalue weighted by molar-refractivity contribution is -0.384. The number of carbonyl (C=O) groups excluding carboxylic acids is 1. The van der Waals surface area contributed by atoms with Crippen LogP contribution in [0.2, 0.25) is 0 Å². The van der Waals surface area contributed by atoms with Gasteiger partial charge in [0.2, 0.25) is 5.82 Å². The molecule has 0 aliphatic rings. The van der Waals surface area contributed by atoms with Crippen LogP contribution in [-0.4, -0.2) is 21.0 Å². The van der Waals surface area contributed by atoms with Gasteiger partial charge in [0.15, 0.2) is 6.61 Å². The molecule has 0 saturated heterocycles. The summed E-state index contributed by atoms with van der Waals surface area (Å²) in [6.45, 7) is -0.160. The standard InChI is InChI=1S/C18H11N3O5S/c22-18(15-9-12-8-13(21(23)24)6-7-14(12)27-15)25-10-16-19-17(20-26-16)11-4-2-1-3-5-11/h1-9H,10H2. The summed E-state index contributed by atoms with van der Waals surface area (Å²) in [6, 6.07) is 15.3. The normalized spacial score (nSPS) is 10.8. The molecule has 0 spiro atoms. The molecule has 4 rings (SSSR count). The Morgan fingerprint density at radius 1 is 1.19 bits per heavy atom. The minimum atomic E-state index is -0.557. The maximum absolute atomic E-state index is 12.2. The zero-order valence-corrected chi connectivity index (χ0v) is 14.5. The molecule has 0 atom stereocenters. The Labute approximate surface area is 156 Å². The Balaban J connectivity index is 1.46. The Bertz CT molecular complexity index is 1140. The molecule has 27 heavy (non-hydrogen) atoms. The third-order valence-corrected chi connectivity index (χ3v) is 4.83. The van der Waals surface area contributed by atoms with E-state index in [0.29, 0.717) is 16.1 Å². The van der Waals surface area contributed by atoms with Crippen LogP contribution in [0, 0.1) is 10.1 Å². The number of fused-ring (bicyclic) bond motifs is 1. The molecule has 2 aromatic carbocycles. The van der Waals surface area contributed by atoms with Gasteiger partial charge in [-0.2, -0.15) is 4.98 Å². The summed E-state index contributed by atoms with van der Waals surface area (Å²) in [5, 5.41) is 15.3. The summed E-state index contributed by atoms with van der Waals surface area (Å²) in [7, 11) is 0.